The molecule has 0 radical (unpaired) electrons. The molecular weight excluding hydrogens is 148 g/mol. The van der Waals surface area contributed by atoms with Crippen LogP contribution < -0.4 is 0 Å². The van der Waals surface area contributed by atoms with Crippen molar-refractivity contribution in [2.75, 3.05) is 6.61 Å². The van der Waals surface area contributed by atoms with Gasteiger partial charge in [0.1, 0.15) is 6.10 Å². The largest absolute Gasteiger partial charge is 0.368 e. The van der Waals surface area contributed by atoms with Crippen molar-refractivity contribution in [1.29, 1.82) is 0 Å². The van der Waals surface area contributed by atoms with Gasteiger partial charge in [-0.3, -0.25) is 0 Å². The maximum Gasteiger partial charge on any atom is 0.106 e. The molecule has 2 rings (SSSR count). The van der Waals surface area contributed by atoms with E-state index in [9.17, 15) is 0 Å². The summed E-state index contributed by atoms with van der Waals surface area (Å²) in [6.07, 6.45) is 0.393. The molecule has 1 fully saturated rings. The molecule has 64 valence electrons. The minimum atomic E-state index is 0.393. The van der Waals surface area contributed by atoms with Crippen LogP contribution in [0.5, 0.6) is 0 Å². The predicted octanol–water partition coefficient (Wildman–Crippen LogP) is 2.68. The van der Waals surface area contributed by atoms with E-state index in [1.165, 1.54) is 22.3 Å². The first-order chi connectivity index (χ1) is 5.70. The number of epoxide rings is 1. The average molecular weight is 162 g/mol. The fourth-order valence-electron chi connectivity index (χ4n) is 1.55. The van der Waals surface area contributed by atoms with Gasteiger partial charge in [0.15, 0.2) is 0 Å². The van der Waals surface area contributed by atoms with Crippen LogP contribution >= 0.6 is 0 Å². The maximum absolute atomic E-state index is 5.27. The van der Waals surface area contributed by atoms with Gasteiger partial charge < -0.3 is 4.74 Å². The van der Waals surface area contributed by atoms with Gasteiger partial charge in [0.2, 0.25) is 0 Å². The van der Waals surface area contributed by atoms with Crippen molar-refractivity contribution >= 4 is 0 Å². The summed E-state index contributed by atoms with van der Waals surface area (Å²) in [7, 11) is 0. The minimum absolute atomic E-state index is 0.393. The quantitative estimate of drug-likeness (QED) is 0.578. The second-order valence-electron chi connectivity index (χ2n) is 3.54. The molecule has 1 nitrogen and oxygen atoms in total. The van der Waals surface area contributed by atoms with Gasteiger partial charge in [0.25, 0.3) is 0 Å². The highest BCUT2D eigenvalue weighted by molar-refractivity contribution is 5.40. The molecule has 0 spiro atoms. The Morgan fingerprint density at radius 2 is 1.83 bits per heavy atom. The Morgan fingerprint density at radius 3 is 2.42 bits per heavy atom. The molecule has 1 saturated heterocycles. The van der Waals surface area contributed by atoms with E-state index >= 15 is 0 Å². The molecule has 1 heteroatoms. The predicted molar refractivity (Wildman–Crippen MR) is 49.3 cm³/mol. The van der Waals surface area contributed by atoms with Gasteiger partial charge in [0, 0.05) is 0 Å². The standard InChI is InChI=1S/C11H14O/c1-7-4-5-10(11-6-12-11)9(3)8(7)2/h4-5,11H,6H2,1-3H3. The number of hydrogen-bond acceptors (Lipinski definition) is 1. The normalized spacial score (nSPS) is 21.1. The SMILES string of the molecule is Cc1ccc(C2CO2)c(C)c1C. The highest BCUT2D eigenvalue weighted by atomic mass is 16.6. The van der Waals surface area contributed by atoms with Crippen LogP contribution in [0.2, 0.25) is 0 Å². The summed E-state index contributed by atoms with van der Waals surface area (Å²) >= 11 is 0. The second kappa shape index (κ2) is 2.60. The Kier molecular flexibility index (Phi) is 1.69. The molecule has 0 N–H and O–H groups in total. The maximum atomic E-state index is 5.27. The van der Waals surface area contributed by atoms with Gasteiger partial charge >= 0.3 is 0 Å². The third kappa shape index (κ3) is 1.14. The molecule has 0 saturated carbocycles. The Balaban J connectivity index is 2.49. The lowest BCUT2D eigenvalue weighted by atomic mass is 9.97. The summed E-state index contributed by atoms with van der Waals surface area (Å²) in [4.78, 5) is 0. The fraction of sp³-hybridized carbons (Fsp3) is 0.455. The van der Waals surface area contributed by atoms with Gasteiger partial charge in [-0.2, -0.15) is 0 Å². The molecule has 1 atom stereocenters. The molecule has 1 unspecified atom stereocenters. The Bertz CT molecular complexity index is 311. The highest BCUT2D eigenvalue weighted by Gasteiger charge is 2.26. The van der Waals surface area contributed by atoms with Crippen LogP contribution in [0.4, 0.5) is 0 Å². The molecule has 0 bridgehead atoms. The highest BCUT2D eigenvalue weighted by Crippen LogP contribution is 2.33. The molecule has 1 aliphatic heterocycles. The van der Waals surface area contributed by atoms with Gasteiger partial charge in [-0.05, 0) is 43.0 Å². The number of benzene rings is 1. The molecule has 1 heterocycles. The van der Waals surface area contributed by atoms with Crippen LogP contribution in [0.15, 0.2) is 12.1 Å². The monoisotopic (exact) mass is 162 g/mol. The number of rotatable bonds is 1. The van der Waals surface area contributed by atoms with Crippen LogP contribution in [0.25, 0.3) is 0 Å². The van der Waals surface area contributed by atoms with E-state index < -0.39 is 0 Å². The Morgan fingerprint density at radius 1 is 1.17 bits per heavy atom. The minimum Gasteiger partial charge on any atom is -0.368 e. The Hall–Kier alpha value is -0.820. The zero-order valence-electron chi connectivity index (χ0n) is 7.85. The first-order valence-electron chi connectivity index (χ1n) is 4.38. The average Bonchev–Trinajstić information content (AvgIpc) is 2.84. The van der Waals surface area contributed by atoms with E-state index in [1.807, 2.05) is 0 Å². The zero-order chi connectivity index (χ0) is 8.72. The molecule has 12 heavy (non-hydrogen) atoms. The second-order valence-corrected chi connectivity index (χ2v) is 3.54. The first kappa shape index (κ1) is 7.81. The molecule has 1 aliphatic rings. The van der Waals surface area contributed by atoms with E-state index in [4.69, 9.17) is 4.74 Å². The van der Waals surface area contributed by atoms with Crippen LogP contribution in [-0.2, 0) is 4.74 Å². The lowest BCUT2D eigenvalue weighted by Crippen LogP contribution is -1.92. The van der Waals surface area contributed by atoms with Crippen molar-refractivity contribution in [1.82, 2.24) is 0 Å². The van der Waals surface area contributed by atoms with E-state index in [-0.39, 0.29) is 0 Å². The van der Waals surface area contributed by atoms with Crippen molar-refractivity contribution in [3.8, 4) is 0 Å². The lowest BCUT2D eigenvalue weighted by Gasteiger charge is -2.08. The van der Waals surface area contributed by atoms with Crippen LogP contribution in [0, 0.1) is 20.8 Å². The summed E-state index contributed by atoms with van der Waals surface area (Å²) in [6.45, 7) is 7.42. The molecule has 0 aromatic heterocycles. The number of hydrogen-bond donors (Lipinski definition) is 0. The molecule has 1 aromatic carbocycles. The van der Waals surface area contributed by atoms with Crippen molar-refractivity contribution in [3.05, 3.63) is 34.4 Å². The van der Waals surface area contributed by atoms with Gasteiger partial charge in [0.05, 0.1) is 6.61 Å². The summed E-state index contributed by atoms with van der Waals surface area (Å²) in [5.41, 5.74) is 5.55. The zero-order valence-corrected chi connectivity index (χ0v) is 7.85. The van der Waals surface area contributed by atoms with E-state index in [0.717, 1.165) is 6.61 Å². The number of ether oxygens (including phenoxy) is 1. The lowest BCUT2D eigenvalue weighted by molar-refractivity contribution is 0.415. The van der Waals surface area contributed by atoms with Crippen molar-refractivity contribution in [2.24, 2.45) is 0 Å². The van der Waals surface area contributed by atoms with E-state index in [1.54, 1.807) is 0 Å². The molecule has 0 aliphatic carbocycles. The summed E-state index contributed by atoms with van der Waals surface area (Å²) in [5, 5.41) is 0. The van der Waals surface area contributed by atoms with E-state index in [0.29, 0.717) is 6.10 Å². The van der Waals surface area contributed by atoms with Crippen molar-refractivity contribution in [2.45, 2.75) is 26.9 Å². The van der Waals surface area contributed by atoms with Crippen molar-refractivity contribution < 1.29 is 4.74 Å². The molecule has 1 aromatic rings. The third-order valence-corrected chi connectivity index (χ3v) is 2.78. The topological polar surface area (TPSA) is 12.5 Å². The van der Waals surface area contributed by atoms with Crippen molar-refractivity contribution in [3.63, 3.8) is 0 Å². The molecular formula is C11H14O. The van der Waals surface area contributed by atoms with Crippen LogP contribution in [0.1, 0.15) is 28.4 Å². The van der Waals surface area contributed by atoms with E-state index in [2.05, 4.69) is 32.9 Å². The molecule has 0 amide bonds. The fourth-order valence-corrected chi connectivity index (χ4v) is 1.55. The summed E-state index contributed by atoms with van der Waals surface area (Å²) < 4.78 is 5.27. The summed E-state index contributed by atoms with van der Waals surface area (Å²) in [6, 6.07) is 4.37. The van der Waals surface area contributed by atoms with Gasteiger partial charge in [-0.15, -0.1) is 0 Å². The van der Waals surface area contributed by atoms with Crippen LogP contribution in [-0.4, -0.2) is 6.61 Å². The number of aryl methyl sites for hydroxylation is 1. The first-order valence-corrected chi connectivity index (χ1v) is 4.38. The Labute approximate surface area is 73.4 Å². The summed E-state index contributed by atoms with van der Waals surface area (Å²) in [5.74, 6) is 0. The van der Waals surface area contributed by atoms with Crippen LogP contribution in [0.3, 0.4) is 0 Å². The van der Waals surface area contributed by atoms with Gasteiger partial charge in [-0.1, -0.05) is 12.1 Å². The third-order valence-electron chi connectivity index (χ3n) is 2.78. The smallest absolute Gasteiger partial charge is 0.106 e. The van der Waals surface area contributed by atoms with Gasteiger partial charge in [-0.25, -0.2) is 0 Å².